The first-order valence-electron chi connectivity index (χ1n) is 10.2. The summed E-state index contributed by atoms with van der Waals surface area (Å²) in [6.45, 7) is 3.70. The van der Waals surface area contributed by atoms with Gasteiger partial charge < -0.3 is 9.47 Å². The van der Waals surface area contributed by atoms with Crippen LogP contribution in [0, 0.1) is 11.8 Å². The van der Waals surface area contributed by atoms with Crippen LogP contribution in [0.2, 0.25) is 0 Å². The van der Waals surface area contributed by atoms with Gasteiger partial charge in [0.15, 0.2) is 5.69 Å². The molecule has 0 aliphatic heterocycles. The fraction of sp³-hybridized carbons (Fsp3) is 0.200. The van der Waals surface area contributed by atoms with E-state index in [-0.39, 0.29) is 17.9 Å². The molecule has 2 aromatic heterocycles. The van der Waals surface area contributed by atoms with E-state index in [4.69, 9.17) is 9.47 Å². The van der Waals surface area contributed by atoms with Gasteiger partial charge in [0, 0.05) is 33.5 Å². The molecule has 6 nitrogen and oxygen atoms in total. The molecule has 2 atom stereocenters. The van der Waals surface area contributed by atoms with Crippen LogP contribution in [0.3, 0.4) is 0 Å². The van der Waals surface area contributed by atoms with Crippen LogP contribution >= 0.6 is 11.3 Å². The summed E-state index contributed by atoms with van der Waals surface area (Å²) in [5, 5.41) is 3.42. The van der Waals surface area contributed by atoms with Crippen molar-refractivity contribution in [3.8, 4) is 10.4 Å². The second-order valence-corrected chi connectivity index (χ2v) is 8.24. The zero-order valence-corrected chi connectivity index (χ0v) is 18.4. The minimum absolute atomic E-state index is 0.0656. The smallest absolute Gasteiger partial charge is 0.365 e. The zero-order valence-electron chi connectivity index (χ0n) is 17.6. The third-order valence-electron chi connectivity index (χ3n) is 5.38. The number of carbonyl (C=O) groups excluding carboxylic acids is 3. The van der Waals surface area contributed by atoms with Crippen LogP contribution < -0.4 is 0 Å². The van der Waals surface area contributed by atoms with Gasteiger partial charge in [0.25, 0.3) is 0 Å². The van der Waals surface area contributed by atoms with Gasteiger partial charge in [0.2, 0.25) is 0 Å². The predicted molar refractivity (Wildman–Crippen MR) is 122 cm³/mol. The van der Waals surface area contributed by atoms with Crippen molar-refractivity contribution in [1.82, 2.24) is 4.98 Å². The lowest BCUT2D eigenvalue weighted by Gasteiger charge is -2.23. The van der Waals surface area contributed by atoms with Crippen LogP contribution in [0.25, 0.3) is 21.2 Å². The lowest BCUT2D eigenvalue weighted by atomic mass is 9.83. The fourth-order valence-corrected chi connectivity index (χ4v) is 4.49. The fourth-order valence-electron chi connectivity index (χ4n) is 3.74. The molecule has 162 valence electrons. The number of carbonyl (C=O) groups is 3. The van der Waals surface area contributed by atoms with Crippen molar-refractivity contribution in [3.05, 3.63) is 77.5 Å². The molecule has 0 saturated heterocycles. The summed E-state index contributed by atoms with van der Waals surface area (Å²) < 4.78 is 10.3. The Bertz CT molecular complexity index is 1240. The first-order valence-corrected chi connectivity index (χ1v) is 11.1. The summed E-state index contributed by atoms with van der Waals surface area (Å²) in [5.74, 6) is -3.14. The molecule has 4 rings (SSSR count). The number of rotatable bonds is 5. The maximum Gasteiger partial charge on any atom is 0.365 e. The number of hydrogen-bond donors (Lipinski definition) is 0. The number of thiophene rings is 1. The van der Waals surface area contributed by atoms with E-state index in [9.17, 15) is 14.4 Å². The Hall–Kier alpha value is -3.58. The van der Waals surface area contributed by atoms with E-state index >= 15 is 0 Å². The number of ether oxygens (including phenoxy) is 2. The maximum atomic E-state index is 12.9. The highest BCUT2D eigenvalue weighted by molar-refractivity contribution is 7.13. The molecule has 2 heterocycles. The molecule has 1 aliphatic carbocycles. The molecule has 0 N–H and O–H groups in total. The zero-order chi connectivity index (χ0) is 22.7. The average Bonchev–Trinajstić information content (AvgIpc) is 3.33. The lowest BCUT2D eigenvalue weighted by Crippen LogP contribution is -2.29. The minimum Gasteiger partial charge on any atom is -0.466 e. The standard InChI is InChI=1S/C25H21NO5S/c1-3-30-23(27)16-10-6-11-17(15(16)2)24(28)31-25(29)22-19-9-5-4-8-18(19)20(14-26-22)21-12-7-13-32-21/h4-16H,3H2,1-2H3. The SMILES string of the molecule is CCOC(=O)C1C=CC=C(C(=O)OC(=O)c2ncc(-c3cccs3)c3ccccc23)C1C. The van der Waals surface area contributed by atoms with Gasteiger partial charge in [0.05, 0.1) is 12.5 Å². The van der Waals surface area contributed by atoms with Crippen molar-refractivity contribution in [2.24, 2.45) is 11.8 Å². The Morgan fingerprint density at radius 3 is 2.56 bits per heavy atom. The summed E-state index contributed by atoms with van der Waals surface area (Å²) in [4.78, 5) is 43.2. The normalized spacial score (nSPS) is 17.6. The van der Waals surface area contributed by atoms with E-state index in [1.165, 1.54) is 0 Å². The predicted octanol–water partition coefficient (Wildman–Crippen LogP) is 4.96. The molecule has 0 radical (unpaired) electrons. The van der Waals surface area contributed by atoms with E-state index < -0.39 is 29.7 Å². The van der Waals surface area contributed by atoms with Crippen molar-refractivity contribution >= 4 is 40.0 Å². The van der Waals surface area contributed by atoms with Crippen LogP contribution in [0.5, 0.6) is 0 Å². The van der Waals surface area contributed by atoms with Crippen molar-refractivity contribution in [2.45, 2.75) is 13.8 Å². The Kier molecular flexibility index (Phi) is 6.28. The molecular weight excluding hydrogens is 426 g/mol. The van der Waals surface area contributed by atoms with Crippen molar-refractivity contribution in [1.29, 1.82) is 0 Å². The molecular formula is C25H21NO5S. The number of aromatic nitrogens is 1. The third-order valence-corrected chi connectivity index (χ3v) is 6.28. The van der Waals surface area contributed by atoms with E-state index in [2.05, 4.69) is 4.98 Å². The van der Waals surface area contributed by atoms with Gasteiger partial charge in [0.1, 0.15) is 0 Å². The Morgan fingerprint density at radius 2 is 1.84 bits per heavy atom. The van der Waals surface area contributed by atoms with Crippen molar-refractivity contribution < 1.29 is 23.9 Å². The monoisotopic (exact) mass is 447 g/mol. The topological polar surface area (TPSA) is 82.6 Å². The molecule has 2 unspecified atom stereocenters. The Balaban J connectivity index is 1.59. The van der Waals surface area contributed by atoms with E-state index in [0.717, 1.165) is 15.8 Å². The van der Waals surface area contributed by atoms with Gasteiger partial charge in [-0.2, -0.15) is 0 Å². The first kappa shape index (κ1) is 21.6. The van der Waals surface area contributed by atoms with Gasteiger partial charge >= 0.3 is 17.9 Å². The molecule has 3 aromatic rings. The molecule has 0 saturated carbocycles. The van der Waals surface area contributed by atoms with Crippen molar-refractivity contribution in [3.63, 3.8) is 0 Å². The van der Waals surface area contributed by atoms with Crippen LogP contribution in [0.4, 0.5) is 0 Å². The van der Waals surface area contributed by atoms with Gasteiger partial charge in [-0.1, -0.05) is 55.5 Å². The number of pyridine rings is 1. The average molecular weight is 448 g/mol. The maximum absolute atomic E-state index is 12.9. The summed E-state index contributed by atoms with van der Waals surface area (Å²) in [6.07, 6.45) is 6.46. The number of esters is 3. The Morgan fingerprint density at radius 1 is 1.06 bits per heavy atom. The largest absolute Gasteiger partial charge is 0.466 e. The third kappa shape index (κ3) is 4.11. The molecule has 1 aliphatic rings. The minimum atomic E-state index is -0.834. The number of nitrogens with zero attached hydrogens (tertiary/aromatic N) is 1. The van der Waals surface area contributed by atoms with Gasteiger partial charge in [-0.3, -0.25) is 4.79 Å². The quantitative estimate of drug-likeness (QED) is 0.406. The van der Waals surface area contributed by atoms with E-state index in [0.29, 0.717) is 5.39 Å². The number of hydrogen-bond acceptors (Lipinski definition) is 7. The number of benzene rings is 1. The molecule has 1 aromatic carbocycles. The van der Waals surface area contributed by atoms with Crippen LogP contribution in [-0.4, -0.2) is 29.5 Å². The van der Waals surface area contributed by atoms with E-state index in [1.807, 2.05) is 29.6 Å². The molecule has 7 heteroatoms. The van der Waals surface area contributed by atoms with Crippen molar-refractivity contribution in [2.75, 3.05) is 6.61 Å². The van der Waals surface area contributed by atoms with E-state index in [1.54, 1.807) is 61.7 Å². The molecule has 32 heavy (non-hydrogen) atoms. The first-order chi connectivity index (χ1) is 15.5. The second-order valence-electron chi connectivity index (χ2n) is 7.29. The van der Waals surface area contributed by atoms with Crippen LogP contribution in [0.15, 0.2) is 71.8 Å². The summed E-state index contributed by atoms with van der Waals surface area (Å²) in [7, 11) is 0. The summed E-state index contributed by atoms with van der Waals surface area (Å²) >= 11 is 1.58. The highest BCUT2D eigenvalue weighted by Crippen LogP contribution is 2.33. The van der Waals surface area contributed by atoms with Crippen LogP contribution in [0.1, 0.15) is 24.3 Å². The number of fused-ring (bicyclic) bond motifs is 1. The van der Waals surface area contributed by atoms with Gasteiger partial charge in [-0.15, -0.1) is 11.3 Å². The number of allylic oxidation sites excluding steroid dienone is 2. The molecule has 0 bridgehead atoms. The molecule has 0 fully saturated rings. The summed E-state index contributed by atoms with van der Waals surface area (Å²) in [5.41, 5.74) is 1.21. The van der Waals surface area contributed by atoms with Gasteiger partial charge in [-0.25, -0.2) is 14.6 Å². The second kappa shape index (κ2) is 9.28. The Labute approximate surface area is 189 Å². The highest BCUT2D eigenvalue weighted by atomic mass is 32.1. The summed E-state index contributed by atoms with van der Waals surface area (Å²) in [6, 6.07) is 11.3. The lowest BCUT2D eigenvalue weighted by molar-refractivity contribution is -0.147. The van der Waals surface area contributed by atoms with Crippen LogP contribution in [-0.2, 0) is 19.1 Å². The molecule has 0 amide bonds. The molecule has 0 spiro atoms. The van der Waals surface area contributed by atoms with Gasteiger partial charge in [-0.05, 0) is 23.8 Å². The highest BCUT2D eigenvalue weighted by Gasteiger charge is 2.33.